The standard InChI is InChI=1S/C18H23N3O2/c1-4-13(2)21-17-10-7-15(12-19-17)18(22)20-11-14-5-8-16(23-3)9-6-14/h5-10,12-13H,4,11H2,1-3H3,(H,19,21)(H,20,22). The third-order valence-corrected chi connectivity index (χ3v) is 3.64. The van der Waals surface area contributed by atoms with Crippen LogP contribution in [0.3, 0.4) is 0 Å². The minimum Gasteiger partial charge on any atom is -0.497 e. The fraction of sp³-hybridized carbons (Fsp3) is 0.333. The molecule has 1 atom stereocenters. The van der Waals surface area contributed by atoms with Gasteiger partial charge in [-0.05, 0) is 43.2 Å². The lowest BCUT2D eigenvalue weighted by Gasteiger charge is -2.12. The second-order valence-electron chi connectivity index (χ2n) is 5.42. The maximum Gasteiger partial charge on any atom is 0.253 e. The highest BCUT2D eigenvalue weighted by Gasteiger charge is 2.07. The number of nitrogens with zero attached hydrogens (tertiary/aromatic N) is 1. The number of rotatable bonds is 7. The molecule has 5 heteroatoms. The fourth-order valence-electron chi connectivity index (χ4n) is 2.00. The average molecular weight is 313 g/mol. The summed E-state index contributed by atoms with van der Waals surface area (Å²) >= 11 is 0. The van der Waals surface area contributed by atoms with Gasteiger partial charge in [-0.15, -0.1) is 0 Å². The van der Waals surface area contributed by atoms with E-state index in [1.54, 1.807) is 19.4 Å². The monoisotopic (exact) mass is 313 g/mol. The molecule has 0 bridgehead atoms. The first-order valence-corrected chi connectivity index (χ1v) is 7.76. The molecule has 1 heterocycles. The van der Waals surface area contributed by atoms with Crippen molar-refractivity contribution in [2.75, 3.05) is 12.4 Å². The zero-order chi connectivity index (χ0) is 16.7. The minimum absolute atomic E-state index is 0.136. The number of ether oxygens (including phenoxy) is 1. The molecule has 2 rings (SSSR count). The highest BCUT2D eigenvalue weighted by molar-refractivity contribution is 5.94. The summed E-state index contributed by atoms with van der Waals surface area (Å²) in [7, 11) is 1.63. The molecule has 0 aliphatic rings. The van der Waals surface area contributed by atoms with Gasteiger partial charge in [-0.1, -0.05) is 19.1 Å². The van der Waals surface area contributed by atoms with Crippen LogP contribution in [0, 0.1) is 0 Å². The zero-order valence-electron chi connectivity index (χ0n) is 13.8. The van der Waals surface area contributed by atoms with Crippen LogP contribution in [0.5, 0.6) is 5.75 Å². The number of hydrogen-bond donors (Lipinski definition) is 2. The summed E-state index contributed by atoms with van der Waals surface area (Å²) in [5.41, 5.74) is 1.57. The fourth-order valence-corrected chi connectivity index (χ4v) is 2.00. The van der Waals surface area contributed by atoms with E-state index in [1.165, 1.54) is 0 Å². The van der Waals surface area contributed by atoms with E-state index in [0.717, 1.165) is 23.6 Å². The van der Waals surface area contributed by atoms with Crippen LogP contribution in [0.4, 0.5) is 5.82 Å². The molecule has 1 amide bonds. The number of carbonyl (C=O) groups is 1. The van der Waals surface area contributed by atoms with E-state index >= 15 is 0 Å². The summed E-state index contributed by atoms with van der Waals surface area (Å²) in [4.78, 5) is 16.4. The third-order valence-electron chi connectivity index (χ3n) is 3.64. The Kier molecular flexibility index (Phi) is 5.97. The quantitative estimate of drug-likeness (QED) is 0.824. The molecule has 0 fully saturated rings. The smallest absolute Gasteiger partial charge is 0.253 e. The lowest BCUT2D eigenvalue weighted by atomic mass is 10.2. The molecule has 1 aromatic heterocycles. The van der Waals surface area contributed by atoms with Crippen molar-refractivity contribution in [3.63, 3.8) is 0 Å². The Morgan fingerprint density at radius 3 is 2.52 bits per heavy atom. The summed E-state index contributed by atoms with van der Waals surface area (Å²) in [6.07, 6.45) is 2.61. The molecule has 122 valence electrons. The normalized spacial score (nSPS) is 11.6. The Morgan fingerprint density at radius 1 is 1.22 bits per heavy atom. The van der Waals surface area contributed by atoms with Crippen LogP contribution in [-0.4, -0.2) is 24.0 Å². The molecule has 0 aliphatic heterocycles. The van der Waals surface area contributed by atoms with E-state index in [4.69, 9.17) is 4.74 Å². The van der Waals surface area contributed by atoms with E-state index in [0.29, 0.717) is 18.2 Å². The van der Waals surface area contributed by atoms with E-state index in [9.17, 15) is 4.79 Å². The van der Waals surface area contributed by atoms with Crippen molar-refractivity contribution in [3.8, 4) is 5.75 Å². The van der Waals surface area contributed by atoms with Gasteiger partial charge >= 0.3 is 0 Å². The van der Waals surface area contributed by atoms with Crippen LogP contribution in [-0.2, 0) is 6.54 Å². The molecule has 0 saturated heterocycles. The first kappa shape index (κ1) is 16.8. The number of methoxy groups -OCH3 is 1. The largest absolute Gasteiger partial charge is 0.497 e. The van der Waals surface area contributed by atoms with Crippen molar-refractivity contribution in [1.29, 1.82) is 0 Å². The number of nitrogens with one attached hydrogen (secondary N) is 2. The van der Waals surface area contributed by atoms with Gasteiger partial charge in [0.15, 0.2) is 0 Å². The lowest BCUT2D eigenvalue weighted by Crippen LogP contribution is -2.23. The van der Waals surface area contributed by atoms with Crippen LogP contribution in [0.25, 0.3) is 0 Å². The van der Waals surface area contributed by atoms with Crippen molar-refractivity contribution >= 4 is 11.7 Å². The van der Waals surface area contributed by atoms with Crippen LogP contribution < -0.4 is 15.4 Å². The summed E-state index contributed by atoms with van der Waals surface area (Å²) < 4.78 is 5.11. The van der Waals surface area contributed by atoms with E-state index in [-0.39, 0.29) is 5.91 Å². The van der Waals surface area contributed by atoms with Gasteiger partial charge in [0.1, 0.15) is 11.6 Å². The summed E-state index contributed by atoms with van der Waals surface area (Å²) in [5, 5.41) is 6.16. The molecular formula is C18H23N3O2. The summed E-state index contributed by atoms with van der Waals surface area (Å²) in [6.45, 7) is 4.67. The van der Waals surface area contributed by atoms with Crippen molar-refractivity contribution in [1.82, 2.24) is 10.3 Å². The Hall–Kier alpha value is -2.56. The number of aromatic nitrogens is 1. The second kappa shape index (κ2) is 8.17. The van der Waals surface area contributed by atoms with Crippen molar-refractivity contribution < 1.29 is 9.53 Å². The molecule has 1 unspecified atom stereocenters. The van der Waals surface area contributed by atoms with Gasteiger partial charge in [0.05, 0.1) is 12.7 Å². The molecular weight excluding hydrogens is 290 g/mol. The van der Waals surface area contributed by atoms with Gasteiger partial charge in [-0.3, -0.25) is 4.79 Å². The second-order valence-corrected chi connectivity index (χ2v) is 5.42. The number of benzene rings is 1. The van der Waals surface area contributed by atoms with Crippen LogP contribution in [0.2, 0.25) is 0 Å². The van der Waals surface area contributed by atoms with Gasteiger partial charge in [0.25, 0.3) is 5.91 Å². The van der Waals surface area contributed by atoms with Crippen LogP contribution >= 0.6 is 0 Å². The molecule has 1 aromatic carbocycles. The first-order valence-electron chi connectivity index (χ1n) is 7.76. The molecule has 2 aromatic rings. The number of amides is 1. The Morgan fingerprint density at radius 2 is 1.96 bits per heavy atom. The Labute approximate surface area is 137 Å². The van der Waals surface area contributed by atoms with Crippen molar-refractivity contribution in [2.24, 2.45) is 0 Å². The topological polar surface area (TPSA) is 63.2 Å². The molecule has 0 aliphatic carbocycles. The third kappa shape index (κ3) is 4.98. The molecule has 23 heavy (non-hydrogen) atoms. The van der Waals surface area contributed by atoms with Crippen molar-refractivity contribution in [3.05, 3.63) is 53.7 Å². The van der Waals surface area contributed by atoms with E-state index in [2.05, 4.69) is 29.5 Å². The van der Waals surface area contributed by atoms with Gasteiger partial charge in [0.2, 0.25) is 0 Å². The Balaban J connectivity index is 1.89. The molecule has 0 radical (unpaired) electrons. The SMILES string of the molecule is CCC(C)Nc1ccc(C(=O)NCc2ccc(OC)cc2)cn1. The molecule has 0 spiro atoms. The zero-order valence-corrected chi connectivity index (χ0v) is 13.8. The number of anilines is 1. The maximum atomic E-state index is 12.1. The average Bonchev–Trinajstić information content (AvgIpc) is 2.60. The summed E-state index contributed by atoms with van der Waals surface area (Å²) in [6, 6.07) is 11.6. The highest BCUT2D eigenvalue weighted by atomic mass is 16.5. The molecule has 0 saturated carbocycles. The number of hydrogen-bond acceptors (Lipinski definition) is 4. The van der Waals surface area contributed by atoms with Gasteiger partial charge in [0, 0.05) is 18.8 Å². The minimum atomic E-state index is -0.136. The maximum absolute atomic E-state index is 12.1. The number of carbonyl (C=O) groups excluding carboxylic acids is 1. The highest BCUT2D eigenvalue weighted by Crippen LogP contribution is 2.11. The van der Waals surface area contributed by atoms with Crippen LogP contribution in [0.15, 0.2) is 42.6 Å². The Bertz CT molecular complexity index is 624. The van der Waals surface area contributed by atoms with E-state index < -0.39 is 0 Å². The molecule has 2 N–H and O–H groups in total. The van der Waals surface area contributed by atoms with Gasteiger partial charge in [-0.25, -0.2) is 4.98 Å². The van der Waals surface area contributed by atoms with Crippen LogP contribution in [0.1, 0.15) is 36.2 Å². The summed E-state index contributed by atoms with van der Waals surface area (Å²) in [5.74, 6) is 1.45. The van der Waals surface area contributed by atoms with Crippen molar-refractivity contribution in [2.45, 2.75) is 32.9 Å². The van der Waals surface area contributed by atoms with E-state index in [1.807, 2.05) is 30.3 Å². The predicted molar refractivity (Wildman–Crippen MR) is 91.8 cm³/mol. The first-order chi connectivity index (χ1) is 11.1. The van der Waals surface area contributed by atoms with Gasteiger partial charge in [-0.2, -0.15) is 0 Å². The van der Waals surface area contributed by atoms with Gasteiger partial charge < -0.3 is 15.4 Å². The molecule has 5 nitrogen and oxygen atoms in total. The number of pyridine rings is 1. The predicted octanol–water partition coefficient (Wildman–Crippen LogP) is 3.23. The lowest BCUT2D eigenvalue weighted by molar-refractivity contribution is 0.0950.